The lowest BCUT2D eigenvalue weighted by atomic mass is 10.2. The molecule has 0 bridgehead atoms. The molecular weight excluding hydrogens is 259 g/mol. The molecule has 92 valence electrons. The fourth-order valence-electron chi connectivity index (χ4n) is 0.926. The van der Waals surface area contributed by atoms with Gasteiger partial charge in [-0.2, -0.15) is 0 Å². The Balaban J connectivity index is 3.54. The average molecular weight is 264 g/mol. The molecule has 16 heavy (non-hydrogen) atoms. The number of rotatable bonds is 2. The minimum Gasteiger partial charge on any atom is -0.507 e. The number of benzene rings is 1. The molecule has 0 aliphatic carbocycles. The molecule has 9 heteroatoms. The monoisotopic (exact) mass is 264 g/mol. The number of carbonyl (C=O) groups is 1. The highest BCUT2D eigenvalue weighted by Crippen LogP contribution is 3.02. The van der Waals surface area contributed by atoms with Crippen molar-refractivity contribution >= 4 is 16.2 Å². The normalized spacial score (nSPS) is 16.3. The van der Waals surface area contributed by atoms with E-state index in [2.05, 4.69) is 0 Å². The summed E-state index contributed by atoms with van der Waals surface area (Å²) < 4.78 is 61.2. The Morgan fingerprint density at radius 2 is 1.62 bits per heavy atom. The van der Waals surface area contributed by atoms with Gasteiger partial charge in [0.15, 0.2) is 0 Å². The minimum absolute atomic E-state index is 0.0661. The Bertz CT molecular complexity index is 466. The summed E-state index contributed by atoms with van der Waals surface area (Å²) in [6.07, 6.45) is 0. The molecule has 1 rings (SSSR count). The molecule has 0 aromatic heterocycles. The van der Waals surface area contributed by atoms with Crippen LogP contribution in [0.3, 0.4) is 0 Å². The molecule has 1 aromatic carbocycles. The fourth-order valence-corrected chi connectivity index (χ4v) is 1.59. The first-order chi connectivity index (χ1) is 6.81. The highest BCUT2D eigenvalue weighted by molar-refractivity contribution is 8.45. The Kier molecular flexibility index (Phi) is 2.04. The lowest BCUT2D eigenvalue weighted by molar-refractivity contribution is 0.0693. The maximum atomic E-state index is 12.2. The number of carboxylic acid groups (broad SMARTS) is 1. The van der Waals surface area contributed by atoms with E-state index in [0.29, 0.717) is 0 Å². The summed E-state index contributed by atoms with van der Waals surface area (Å²) in [4.78, 5) is 8.00. The van der Waals surface area contributed by atoms with Gasteiger partial charge in [0.25, 0.3) is 0 Å². The molecule has 0 saturated heterocycles. The van der Waals surface area contributed by atoms with E-state index in [9.17, 15) is 24.2 Å². The summed E-state index contributed by atoms with van der Waals surface area (Å²) in [5, 5.41) is 17.2. The van der Waals surface area contributed by atoms with E-state index >= 15 is 0 Å². The van der Waals surface area contributed by atoms with Crippen molar-refractivity contribution in [2.45, 2.75) is 4.90 Å². The van der Waals surface area contributed by atoms with Gasteiger partial charge in [-0.3, -0.25) is 0 Å². The van der Waals surface area contributed by atoms with E-state index < -0.39 is 32.4 Å². The molecule has 0 aliphatic heterocycles. The van der Waals surface area contributed by atoms with E-state index in [1.54, 1.807) is 0 Å². The van der Waals surface area contributed by atoms with E-state index in [0.717, 1.165) is 0 Å². The van der Waals surface area contributed by atoms with Gasteiger partial charge in [-0.25, -0.2) is 4.79 Å². The van der Waals surface area contributed by atoms with Crippen molar-refractivity contribution in [2.24, 2.45) is 0 Å². The number of halogens is 5. The van der Waals surface area contributed by atoms with Crippen LogP contribution in [-0.2, 0) is 0 Å². The van der Waals surface area contributed by atoms with Crippen LogP contribution in [0.2, 0.25) is 0 Å². The highest BCUT2D eigenvalue weighted by atomic mass is 32.5. The third-order valence-electron chi connectivity index (χ3n) is 1.64. The first kappa shape index (κ1) is 12.6. The van der Waals surface area contributed by atoms with Gasteiger partial charge in [-0.05, 0) is 18.2 Å². The van der Waals surface area contributed by atoms with E-state index in [-0.39, 0.29) is 18.2 Å². The smallest absolute Gasteiger partial charge is 0.339 e. The predicted molar refractivity (Wildman–Crippen MR) is 46.5 cm³/mol. The van der Waals surface area contributed by atoms with Gasteiger partial charge in [-0.15, -0.1) is 0 Å². The van der Waals surface area contributed by atoms with Crippen LogP contribution < -0.4 is 0 Å². The molecule has 0 heterocycles. The first-order valence-electron chi connectivity index (χ1n) is 3.62. The minimum atomic E-state index is -9.91. The van der Waals surface area contributed by atoms with E-state index in [1.165, 1.54) is 0 Å². The van der Waals surface area contributed by atoms with Gasteiger partial charge in [0, 0.05) is 0 Å². The predicted octanol–water partition coefficient (Wildman–Crippen LogP) is 3.75. The highest BCUT2D eigenvalue weighted by Gasteiger charge is 2.65. The van der Waals surface area contributed by atoms with E-state index in [4.69, 9.17) is 10.2 Å². The molecule has 2 N–H and O–H groups in total. The van der Waals surface area contributed by atoms with Crippen molar-refractivity contribution in [3.05, 3.63) is 23.8 Å². The van der Waals surface area contributed by atoms with Crippen molar-refractivity contribution in [3.63, 3.8) is 0 Å². The number of carboxylic acids is 1. The second-order valence-corrected chi connectivity index (χ2v) is 5.36. The Morgan fingerprint density at radius 3 is 2.00 bits per heavy atom. The van der Waals surface area contributed by atoms with Crippen molar-refractivity contribution < 1.29 is 34.4 Å². The van der Waals surface area contributed by atoms with Gasteiger partial charge < -0.3 is 10.2 Å². The van der Waals surface area contributed by atoms with Crippen LogP contribution in [0, 0.1) is 0 Å². The van der Waals surface area contributed by atoms with Crippen LogP contribution in [0.15, 0.2) is 23.1 Å². The molecule has 0 amide bonds. The molecule has 0 atom stereocenters. The SMILES string of the molecule is O=C(O)c1cc(S(F)(F)(F)(F)F)ccc1O. The molecular formula is C7H5F5O3S. The molecule has 0 aliphatic rings. The van der Waals surface area contributed by atoms with Crippen LogP contribution in [-0.4, -0.2) is 16.2 Å². The maximum Gasteiger partial charge on any atom is 0.339 e. The van der Waals surface area contributed by atoms with Crippen LogP contribution in [0.25, 0.3) is 0 Å². The van der Waals surface area contributed by atoms with Crippen molar-refractivity contribution in [1.82, 2.24) is 0 Å². The standard InChI is InChI=1S/C7H5F5O3S/c8-16(9,10,11,12)4-1-2-6(13)5(3-4)7(14)15/h1-3,13H,(H,14,15). The molecule has 0 fully saturated rings. The van der Waals surface area contributed by atoms with Crippen molar-refractivity contribution in [1.29, 1.82) is 0 Å². The summed E-state index contributed by atoms with van der Waals surface area (Å²) in [6.45, 7) is 0. The van der Waals surface area contributed by atoms with Gasteiger partial charge in [0.05, 0.1) is 0 Å². The van der Waals surface area contributed by atoms with Gasteiger partial charge in [0.1, 0.15) is 16.2 Å². The zero-order valence-electron chi connectivity index (χ0n) is 7.33. The molecule has 1 aromatic rings. The van der Waals surface area contributed by atoms with Crippen LogP contribution in [0.1, 0.15) is 10.4 Å². The number of phenols is 1. The zero-order chi connectivity index (χ0) is 12.8. The van der Waals surface area contributed by atoms with Crippen LogP contribution >= 0.6 is 10.2 Å². The largest absolute Gasteiger partial charge is 0.507 e. The summed E-state index contributed by atoms with van der Waals surface area (Å²) >= 11 is 0. The lowest BCUT2D eigenvalue weighted by Crippen LogP contribution is -2.08. The topological polar surface area (TPSA) is 57.5 Å². The van der Waals surface area contributed by atoms with Gasteiger partial charge in [-0.1, -0.05) is 19.4 Å². The maximum absolute atomic E-state index is 12.2. The van der Waals surface area contributed by atoms with Crippen LogP contribution in [0.4, 0.5) is 19.4 Å². The quantitative estimate of drug-likeness (QED) is 0.800. The van der Waals surface area contributed by atoms with Crippen molar-refractivity contribution in [3.8, 4) is 5.75 Å². The molecule has 0 radical (unpaired) electrons. The Labute approximate surface area is 85.8 Å². The van der Waals surface area contributed by atoms with Gasteiger partial charge >= 0.3 is 16.2 Å². The molecule has 0 saturated carbocycles. The second kappa shape index (κ2) is 2.59. The zero-order valence-corrected chi connectivity index (χ0v) is 8.15. The summed E-state index contributed by atoms with van der Waals surface area (Å²) in [6, 6.07) is -0.0980. The molecule has 0 spiro atoms. The number of hydrogen-bond acceptors (Lipinski definition) is 2. The Hall–Kier alpha value is -1.51. The third-order valence-corrected chi connectivity index (χ3v) is 2.79. The Morgan fingerprint density at radius 1 is 1.12 bits per heavy atom. The first-order valence-corrected chi connectivity index (χ1v) is 5.57. The lowest BCUT2D eigenvalue weighted by Gasteiger charge is -2.40. The third kappa shape index (κ3) is 2.54. The fraction of sp³-hybridized carbons (Fsp3) is 0. The van der Waals surface area contributed by atoms with E-state index in [1.807, 2.05) is 0 Å². The summed E-state index contributed by atoms with van der Waals surface area (Å²) in [5.41, 5.74) is -1.23. The molecule has 3 nitrogen and oxygen atoms in total. The number of aromatic hydroxyl groups is 1. The summed E-state index contributed by atoms with van der Waals surface area (Å²) in [7, 11) is -9.91. The van der Waals surface area contributed by atoms with Crippen molar-refractivity contribution in [2.75, 3.05) is 0 Å². The number of hydrogen-bond donors (Lipinski definition) is 2. The average Bonchev–Trinajstić information content (AvgIpc) is 1.99. The van der Waals surface area contributed by atoms with Crippen LogP contribution in [0.5, 0.6) is 5.75 Å². The summed E-state index contributed by atoms with van der Waals surface area (Å²) in [5.74, 6) is -2.95. The molecule has 0 unspecified atom stereocenters. The second-order valence-electron chi connectivity index (χ2n) is 2.95. The van der Waals surface area contributed by atoms with Gasteiger partial charge in [0.2, 0.25) is 0 Å². The number of aromatic carboxylic acids is 1.